The normalized spacial score (nSPS) is 13.9. The summed E-state index contributed by atoms with van der Waals surface area (Å²) in [7, 11) is 4.72. The standard InChI is InChI=1S/C29H34N5P/c1-5-22-13-16-34(17-14-22)28(27(30-4)23-8-6-20(2)7-9-23)26-12-15-31-29(33-26)32-19-24-10-11-25(35)18-21(24)3/h6-16,18,30H,5,17,19,35H2,1-4H3,(H,31,32,33)/b28-27-. The first-order valence-electron chi connectivity index (χ1n) is 12.0. The summed E-state index contributed by atoms with van der Waals surface area (Å²) in [5.74, 6) is 0.611. The summed E-state index contributed by atoms with van der Waals surface area (Å²) in [5.41, 5.74) is 9.09. The molecule has 35 heavy (non-hydrogen) atoms. The van der Waals surface area contributed by atoms with Crippen molar-refractivity contribution in [2.24, 2.45) is 0 Å². The maximum atomic E-state index is 4.94. The van der Waals surface area contributed by atoms with Crippen molar-refractivity contribution in [3.63, 3.8) is 0 Å². The maximum absolute atomic E-state index is 4.94. The van der Waals surface area contributed by atoms with Crippen LogP contribution in [-0.2, 0) is 6.54 Å². The molecule has 1 atom stereocenters. The molecule has 6 heteroatoms. The molecule has 5 nitrogen and oxygen atoms in total. The van der Waals surface area contributed by atoms with Crippen molar-refractivity contribution in [1.29, 1.82) is 0 Å². The minimum Gasteiger partial charge on any atom is -0.386 e. The summed E-state index contributed by atoms with van der Waals surface area (Å²) in [6.45, 7) is 7.88. The van der Waals surface area contributed by atoms with Crippen LogP contribution in [0.25, 0.3) is 11.4 Å². The third-order valence-electron chi connectivity index (χ3n) is 6.24. The van der Waals surface area contributed by atoms with Gasteiger partial charge in [-0.2, -0.15) is 0 Å². The van der Waals surface area contributed by atoms with Crippen molar-refractivity contribution < 1.29 is 0 Å². The zero-order valence-electron chi connectivity index (χ0n) is 21.0. The molecule has 0 amide bonds. The molecule has 0 aliphatic carbocycles. The Hall–Kier alpha value is -3.43. The van der Waals surface area contributed by atoms with Crippen LogP contribution >= 0.6 is 9.24 Å². The number of benzene rings is 2. The average molecular weight is 484 g/mol. The third-order valence-corrected chi connectivity index (χ3v) is 6.60. The number of hydrogen-bond donors (Lipinski definition) is 2. The van der Waals surface area contributed by atoms with Crippen LogP contribution in [0, 0.1) is 13.8 Å². The molecule has 0 saturated heterocycles. The van der Waals surface area contributed by atoms with E-state index in [1.807, 2.05) is 19.3 Å². The number of allylic oxidation sites excluding steroid dienone is 2. The Morgan fingerprint density at radius 2 is 1.89 bits per heavy atom. The summed E-state index contributed by atoms with van der Waals surface area (Å²) in [4.78, 5) is 11.7. The van der Waals surface area contributed by atoms with Gasteiger partial charge in [0.2, 0.25) is 5.95 Å². The van der Waals surface area contributed by atoms with Gasteiger partial charge in [0, 0.05) is 32.5 Å². The molecular formula is C29H34N5P. The predicted octanol–water partition coefficient (Wildman–Crippen LogP) is 5.42. The summed E-state index contributed by atoms with van der Waals surface area (Å²) in [5, 5.41) is 8.05. The lowest BCUT2D eigenvalue weighted by atomic mass is 10.0. The molecule has 3 aromatic rings. The molecule has 0 bridgehead atoms. The molecule has 4 rings (SSSR count). The Kier molecular flexibility index (Phi) is 7.99. The molecule has 2 aromatic carbocycles. The van der Waals surface area contributed by atoms with Gasteiger partial charge in [-0.1, -0.05) is 61.0 Å². The Morgan fingerprint density at radius 3 is 2.54 bits per heavy atom. The fraction of sp³-hybridized carbons (Fsp3) is 0.241. The van der Waals surface area contributed by atoms with E-state index in [9.17, 15) is 0 Å². The van der Waals surface area contributed by atoms with E-state index in [1.54, 1.807) is 0 Å². The Labute approximate surface area is 211 Å². The van der Waals surface area contributed by atoms with Crippen molar-refractivity contribution >= 4 is 31.9 Å². The van der Waals surface area contributed by atoms with E-state index in [0.29, 0.717) is 12.5 Å². The first-order valence-corrected chi connectivity index (χ1v) is 12.6. The van der Waals surface area contributed by atoms with E-state index in [4.69, 9.17) is 4.98 Å². The smallest absolute Gasteiger partial charge is 0.223 e. The number of rotatable bonds is 8. The van der Waals surface area contributed by atoms with Crippen LogP contribution in [0.1, 0.15) is 41.3 Å². The van der Waals surface area contributed by atoms with Crippen molar-refractivity contribution in [2.45, 2.75) is 33.7 Å². The molecule has 2 N–H and O–H groups in total. The molecule has 0 spiro atoms. The van der Waals surface area contributed by atoms with Gasteiger partial charge in [0.05, 0.1) is 17.1 Å². The van der Waals surface area contributed by atoms with Crippen LogP contribution in [0.2, 0.25) is 0 Å². The summed E-state index contributed by atoms with van der Waals surface area (Å²) >= 11 is 0. The van der Waals surface area contributed by atoms with Crippen molar-refractivity contribution in [3.05, 3.63) is 107 Å². The van der Waals surface area contributed by atoms with E-state index in [0.717, 1.165) is 35.6 Å². The maximum Gasteiger partial charge on any atom is 0.223 e. The second-order valence-corrected chi connectivity index (χ2v) is 9.41. The van der Waals surface area contributed by atoms with Gasteiger partial charge in [-0.05, 0) is 60.0 Å². The topological polar surface area (TPSA) is 53.1 Å². The predicted molar refractivity (Wildman–Crippen MR) is 151 cm³/mol. The summed E-state index contributed by atoms with van der Waals surface area (Å²) in [6, 6.07) is 17.0. The molecule has 0 radical (unpaired) electrons. The van der Waals surface area contributed by atoms with E-state index >= 15 is 0 Å². The highest BCUT2D eigenvalue weighted by Gasteiger charge is 2.19. The Bertz CT molecular complexity index is 1270. The van der Waals surface area contributed by atoms with Crippen LogP contribution in [0.5, 0.6) is 0 Å². The van der Waals surface area contributed by atoms with Crippen LogP contribution in [-0.4, -0.2) is 28.5 Å². The number of nitrogens with zero attached hydrogens (tertiary/aromatic N) is 3. The zero-order chi connectivity index (χ0) is 24.8. The van der Waals surface area contributed by atoms with Crippen molar-refractivity contribution in [1.82, 2.24) is 20.2 Å². The molecular weight excluding hydrogens is 449 g/mol. The van der Waals surface area contributed by atoms with E-state index in [-0.39, 0.29) is 0 Å². The fourth-order valence-corrected chi connectivity index (χ4v) is 4.51. The summed E-state index contributed by atoms with van der Waals surface area (Å²) in [6.07, 6.45) is 9.47. The first kappa shape index (κ1) is 24.7. The van der Waals surface area contributed by atoms with Crippen LogP contribution < -0.4 is 15.9 Å². The molecule has 1 aliphatic rings. The van der Waals surface area contributed by atoms with E-state index in [1.165, 1.54) is 27.6 Å². The van der Waals surface area contributed by atoms with E-state index in [2.05, 4.69) is 111 Å². The van der Waals surface area contributed by atoms with Gasteiger partial charge in [0.15, 0.2) is 0 Å². The molecule has 1 unspecified atom stereocenters. The number of nitrogens with one attached hydrogen (secondary N) is 2. The lowest BCUT2D eigenvalue weighted by molar-refractivity contribution is 0.578. The van der Waals surface area contributed by atoms with Gasteiger partial charge in [-0.3, -0.25) is 0 Å². The number of hydrogen-bond acceptors (Lipinski definition) is 5. The highest BCUT2D eigenvalue weighted by atomic mass is 31.0. The van der Waals surface area contributed by atoms with Gasteiger partial charge >= 0.3 is 0 Å². The SMILES string of the molecule is CCC1=CCN(/C(=C(\NC)c2ccc(C)cc2)c2ccnc(NCc3ccc(P)cc3C)n2)C=C1. The Balaban J connectivity index is 1.71. The van der Waals surface area contributed by atoms with Gasteiger partial charge in [-0.25, -0.2) is 9.97 Å². The third kappa shape index (κ3) is 5.98. The number of aromatic nitrogens is 2. The van der Waals surface area contributed by atoms with Gasteiger partial charge in [-0.15, -0.1) is 9.24 Å². The minimum absolute atomic E-state index is 0.611. The van der Waals surface area contributed by atoms with Gasteiger partial charge in [0.25, 0.3) is 0 Å². The molecule has 2 heterocycles. The number of anilines is 1. The first-order chi connectivity index (χ1) is 17.0. The second kappa shape index (κ2) is 11.3. The highest BCUT2D eigenvalue weighted by Crippen LogP contribution is 2.29. The van der Waals surface area contributed by atoms with Gasteiger partial charge in [0.1, 0.15) is 0 Å². The molecule has 0 saturated carbocycles. The van der Waals surface area contributed by atoms with E-state index < -0.39 is 0 Å². The molecule has 1 aliphatic heterocycles. The van der Waals surface area contributed by atoms with Crippen LogP contribution in [0.3, 0.4) is 0 Å². The average Bonchev–Trinajstić information content (AvgIpc) is 2.88. The lowest BCUT2D eigenvalue weighted by Gasteiger charge is -2.28. The lowest BCUT2D eigenvalue weighted by Crippen LogP contribution is -2.24. The van der Waals surface area contributed by atoms with Crippen molar-refractivity contribution in [3.8, 4) is 0 Å². The monoisotopic (exact) mass is 483 g/mol. The summed E-state index contributed by atoms with van der Waals surface area (Å²) < 4.78 is 0. The largest absolute Gasteiger partial charge is 0.386 e. The van der Waals surface area contributed by atoms with Gasteiger partial charge < -0.3 is 15.5 Å². The quantitative estimate of drug-likeness (QED) is 0.419. The Morgan fingerprint density at radius 1 is 1.09 bits per heavy atom. The highest BCUT2D eigenvalue weighted by molar-refractivity contribution is 7.27. The molecule has 180 valence electrons. The molecule has 1 aromatic heterocycles. The van der Waals surface area contributed by atoms with Crippen LogP contribution in [0.15, 0.2) is 78.7 Å². The van der Waals surface area contributed by atoms with Crippen LogP contribution in [0.4, 0.5) is 5.95 Å². The molecule has 0 fully saturated rings. The fourth-order valence-electron chi connectivity index (χ4n) is 4.16. The minimum atomic E-state index is 0.611. The van der Waals surface area contributed by atoms with Crippen molar-refractivity contribution in [2.75, 3.05) is 18.9 Å². The zero-order valence-corrected chi connectivity index (χ0v) is 22.1. The second-order valence-electron chi connectivity index (χ2n) is 8.75. The number of aryl methyl sites for hydroxylation is 2.